The molecule has 1 saturated heterocycles. The second-order valence-electron chi connectivity index (χ2n) is 6.60. The van der Waals surface area contributed by atoms with Crippen molar-refractivity contribution in [1.29, 1.82) is 0 Å². The zero-order valence-corrected chi connectivity index (χ0v) is 14.9. The van der Waals surface area contributed by atoms with Gasteiger partial charge in [-0.05, 0) is 25.5 Å². The molecule has 1 aliphatic heterocycles. The fraction of sp³-hybridized carbons (Fsp3) is 0.421. The lowest BCUT2D eigenvalue weighted by Crippen LogP contribution is -2.46. The van der Waals surface area contributed by atoms with E-state index in [1.165, 1.54) is 0 Å². The molecule has 4 atom stereocenters. The van der Waals surface area contributed by atoms with Gasteiger partial charge in [0.2, 0.25) is 0 Å². The maximum absolute atomic E-state index is 12.7. The number of nitrogens with one attached hydrogen (secondary N) is 1. The minimum absolute atomic E-state index is 0.215. The second-order valence-corrected chi connectivity index (χ2v) is 6.60. The summed E-state index contributed by atoms with van der Waals surface area (Å²) < 4.78 is 20.7. The van der Waals surface area contributed by atoms with Crippen LogP contribution in [0.15, 0.2) is 52.2 Å². The first-order valence-corrected chi connectivity index (χ1v) is 8.53. The maximum atomic E-state index is 12.7. The fourth-order valence-corrected chi connectivity index (χ4v) is 3.34. The third kappa shape index (κ3) is 3.10. The highest BCUT2D eigenvalue weighted by Crippen LogP contribution is 2.45. The van der Waals surface area contributed by atoms with Crippen LogP contribution in [0.2, 0.25) is 0 Å². The summed E-state index contributed by atoms with van der Waals surface area (Å²) in [4.78, 5) is 38.6. The van der Waals surface area contributed by atoms with Gasteiger partial charge in [-0.15, -0.1) is 0 Å². The predicted molar refractivity (Wildman–Crippen MR) is 95.0 cm³/mol. The van der Waals surface area contributed by atoms with Crippen molar-refractivity contribution in [2.75, 3.05) is 0 Å². The minimum Gasteiger partial charge on any atom is -0.451 e. The van der Waals surface area contributed by atoms with Crippen molar-refractivity contribution in [1.82, 2.24) is 9.55 Å². The summed E-state index contributed by atoms with van der Waals surface area (Å²) in [6, 6.07) is 8.18. The van der Waals surface area contributed by atoms with Crippen molar-refractivity contribution >= 4 is 5.97 Å². The number of H-pyrrole nitrogens is 1. The van der Waals surface area contributed by atoms with Crippen molar-refractivity contribution in [2.45, 2.75) is 45.1 Å². The molecule has 1 N–H and O–H groups in total. The lowest BCUT2D eigenvalue weighted by atomic mass is 9.86. The van der Waals surface area contributed by atoms with Gasteiger partial charge in [0.1, 0.15) is 0 Å². The zero-order valence-electron chi connectivity index (χ0n) is 15.9. The lowest BCUT2D eigenvalue weighted by molar-refractivity contribution is -0.0982. The van der Waals surface area contributed by atoms with E-state index in [0.717, 1.165) is 10.8 Å². The van der Waals surface area contributed by atoms with Gasteiger partial charge in [-0.1, -0.05) is 32.0 Å². The Labute approximate surface area is 152 Å². The molecule has 1 fully saturated rings. The Kier molecular flexibility index (Phi) is 4.46. The number of hydrogen-bond acceptors (Lipinski definition) is 5. The number of nitrogens with zero attached hydrogens (tertiary/aromatic N) is 1. The molecule has 0 amide bonds. The number of carbonyl (C=O) groups is 1. The summed E-state index contributed by atoms with van der Waals surface area (Å²) >= 11 is 0. The molecule has 1 aromatic heterocycles. The van der Waals surface area contributed by atoms with Gasteiger partial charge in [0.25, 0.3) is 5.56 Å². The molecule has 0 spiro atoms. The van der Waals surface area contributed by atoms with Crippen LogP contribution in [0, 0.1) is 5.92 Å². The number of rotatable bonds is 4. The monoisotopic (exact) mass is 359 g/mol. The zero-order chi connectivity index (χ0) is 19.8. The Bertz CT molecular complexity index is 955. The van der Waals surface area contributed by atoms with Gasteiger partial charge in [-0.3, -0.25) is 14.3 Å². The summed E-state index contributed by atoms with van der Waals surface area (Å²) in [5, 5.41) is 0. The summed E-state index contributed by atoms with van der Waals surface area (Å²) in [6.45, 7) is 5.54. The summed E-state index contributed by atoms with van der Waals surface area (Å²) in [5.41, 5.74) is -2.27. The van der Waals surface area contributed by atoms with Gasteiger partial charge < -0.3 is 9.47 Å². The predicted octanol–water partition coefficient (Wildman–Crippen LogP) is 2.10. The van der Waals surface area contributed by atoms with Crippen LogP contribution in [-0.2, 0) is 9.47 Å². The van der Waals surface area contributed by atoms with E-state index in [1.807, 2.05) is 13.8 Å². The highest BCUT2D eigenvalue weighted by atomic mass is 16.6. The molecule has 138 valence electrons. The quantitative estimate of drug-likeness (QED) is 0.844. The summed E-state index contributed by atoms with van der Waals surface area (Å²) in [6.07, 6.45) is 0.558. The molecule has 0 unspecified atom stereocenters. The largest absolute Gasteiger partial charge is 0.451 e. The van der Waals surface area contributed by atoms with Crippen molar-refractivity contribution in [3.63, 3.8) is 0 Å². The number of benzene rings is 1. The van der Waals surface area contributed by atoms with E-state index in [4.69, 9.17) is 10.8 Å². The third-order valence-corrected chi connectivity index (χ3v) is 5.02. The first kappa shape index (κ1) is 16.8. The van der Waals surface area contributed by atoms with Crippen molar-refractivity contribution in [2.24, 2.45) is 5.92 Å². The average Bonchev–Trinajstić information content (AvgIpc) is 2.89. The molecule has 1 aliphatic rings. The molecule has 0 aliphatic carbocycles. The van der Waals surface area contributed by atoms with E-state index in [-0.39, 0.29) is 18.1 Å². The Hall–Kier alpha value is -2.67. The number of ether oxygens (including phenoxy) is 2. The smallest absolute Gasteiger partial charge is 0.338 e. The Morgan fingerprint density at radius 1 is 1.38 bits per heavy atom. The first-order valence-electron chi connectivity index (χ1n) is 9.03. The molecule has 1 aromatic carbocycles. The SMILES string of the molecule is [2H]c1cn([C@@H]2O[C@H](CC)[C@@H](C)[C@@]2(C)OC(=O)c2ccccc2)c(=O)[nH]c1=O. The van der Waals surface area contributed by atoms with Gasteiger partial charge in [-0.2, -0.15) is 0 Å². The van der Waals surface area contributed by atoms with E-state index in [0.29, 0.717) is 12.0 Å². The van der Waals surface area contributed by atoms with Gasteiger partial charge >= 0.3 is 11.7 Å². The third-order valence-electron chi connectivity index (χ3n) is 5.02. The highest BCUT2D eigenvalue weighted by Gasteiger charge is 2.55. The normalized spacial score (nSPS) is 28.6. The molecule has 3 rings (SSSR count). The van der Waals surface area contributed by atoms with E-state index in [9.17, 15) is 14.4 Å². The summed E-state index contributed by atoms with van der Waals surface area (Å²) in [7, 11) is 0. The van der Waals surface area contributed by atoms with E-state index in [1.54, 1.807) is 37.3 Å². The summed E-state index contributed by atoms with van der Waals surface area (Å²) in [5.74, 6) is -0.743. The van der Waals surface area contributed by atoms with Crippen LogP contribution in [0.3, 0.4) is 0 Å². The van der Waals surface area contributed by atoms with Crippen LogP contribution < -0.4 is 11.2 Å². The van der Waals surface area contributed by atoms with Gasteiger partial charge in [0.05, 0.1) is 13.0 Å². The van der Waals surface area contributed by atoms with Crippen LogP contribution in [0.1, 0.15) is 45.1 Å². The average molecular weight is 359 g/mol. The lowest BCUT2D eigenvalue weighted by Gasteiger charge is -2.33. The Balaban J connectivity index is 2.04. The van der Waals surface area contributed by atoms with Crippen LogP contribution in [-0.4, -0.2) is 27.2 Å². The number of carbonyl (C=O) groups excluding carboxylic acids is 1. The highest BCUT2D eigenvalue weighted by molar-refractivity contribution is 5.89. The molecular formula is C19H22N2O5. The van der Waals surface area contributed by atoms with Crippen molar-refractivity contribution < 1.29 is 15.6 Å². The van der Waals surface area contributed by atoms with Crippen LogP contribution >= 0.6 is 0 Å². The maximum Gasteiger partial charge on any atom is 0.338 e. The molecule has 7 nitrogen and oxygen atoms in total. The topological polar surface area (TPSA) is 90.4 Å². The van der Waals surface area contributed by atoms with E-state index in [2.05, 4.69) is 4.98 Å². The molecule has 0 saturated carbocycles. The molecule has 2 heterocycles. The van der Waals surface area contributed by atoms with Gasteiger partial charge in [0.15, 0.2) is 11.8 Å². The van der Waals surface area contributed by atoms with Crippen molar-refractivity contribution in [3.8, 4) is 0 Å². The number of aromatic amines is 1. The van der Waals surface area contributed by atoms with Crippen LogP contribution in [0.25, 0.3) is 0 Å². The number of aromatic nitrogens is 2. The van der Waals surface area contributed by atoms with E-state index >= 15 is 0 Å². The first-order chi connectivity index (χ1) is 12.8. The minimum atomic E-state index is -1.16. The Morgan fingerprint density at radius 3 is 2.73 bits per heavy atom. The van der Waals surface area contributed by atoms with Gasteiger partial charge in [0, 0.05) is 18.2 Å². The number of hydrogen-bond donors (Lipinski definition) is 1. The van der Waals surface area contributed by atoms with Crippen LogP contribution in [0.4, 0.5) is 0 Å². The molecule has 0 bridgehead atoms. The second kappa shape index (κ2) is 6.92. The Morgan fingerprint density at radius 2 is 2.08 bits per heavy atom. The van der Waals surface area contributed by atoms with Crippen LogP contribution in [0.5, 0.6) is 0 Å². The molecule has 7 heteroatoms. The standard InChI is InChI=1S/C19H22N2O5/c1-4-14-12(2)19(3,26-16(23)13-8-6-5-7-9-13)17(25-14)21-11-10-15(22)20-18(21)24/h5-12,14,17H,4H2,1-3H3,(H,20,22,24)/t12-,14-,17-,19-/m1/s1/i10D. The number of esters is 1. The molecular weight excluding hydrogens is 336 g/mol. The van der Waals surface area contributed by atoms with E-state index < -0.39 is 29.0 Å². The van der Waals surface area contributed by atoms with Gasteiger partial charge in [-0.25, -0.2) is 9.59 Å². The molecule has 0 radical (unpaired) electrons. The van der Waals surface area contributed by atoms with Crippen molar-refractivity contribution in [3.05, 3.63) is 69.0 Å². The molecule has 26 heavy (non-hydrogen) atoms. The fourth-order valence-electron chi connectivity index (χ4n) is 3.34. The molecule has 2 aromatic rings.